The number of H-pyrrole nitrogens is 1. The normalized spacial score (nSPS) is 14.9. The van der Waals surface area contributed by atoms with Gasteiger partial charge in [-0.1, -0.05) is 26.8 Å². The van der Waals surface area contributed by atoms with Crippen molar-refractivity contribution in [1.29, 1.82) is 0 Å². The summed E-state index contributed by atoms with van der Waals surface area (Å²) in [6, 6.07) is 12.4. The topological polar surface area (TPSA) is 86.5 Å². The molecule has 0 atom stereocenters. The van der Waals surface area contributed by atoms with Gasteiger partial charge in [-0.2, -0.15) is 0 Å². The smallest absolute Gasteiger partial charge is 0.338 e. The zero-order chi connectivity index (χ0) is 24.8. The van der Waals surface area contributed by atoms with E-state index in [1.54, 1.807) is 24.3 Å². The van der Waals surface area contributed by atoms with Gasteiger partial charge in [-0.15, -0.1) is 0 Å². The lowest BCUT2D eigenvalue weighted by Gasteiger charge is -2.33. The van der Waals surface area contributed by atoms with Gasteiger partial charge in [0.25, 0.3) is 0 Å². The summed E-state index contributed by atoms with van der Waals surface area (Å²) in [7, 11) is 0. The number of nitrogens with zero attached hydrogens (tertiary/aromatic N) is 1. The molecular weight excluding hydrogens is 440 g/mol. The Kier molecular flexibility index (Phi) is 8.08. The average Bonchev–Trinajstić information content (AvgIpc) is 3.26. The average molecular weight is 477 g/mol. The molecule has 1 aromatic heterocycles. The van der Waals surface area contributed by atoms with E-state index in [1.165, 1.54) is 5.56 Å². The molecule has 2 aromatic carbocycles. The molecule has 0 spiro atoms. The fraction of sp³-hybridized carbons (Fsp3) is 0.429. The molecule has 7 nitrogen and oxygen atoms in total. The van der Waals surface area contributed by atoms with Gasteiger partial charge in [-0.25, -0.2) is 9.59 Å². The number of benzene rings is 2. The summed E-state index contributed by atoms with van der Waals surface area (Å²) in [5.41, 5.74) is 4.08. The number of carbonyl (C=O) groups excluding carboxylic acids is 2. The Bertz CT molecular complexity index is 1160. The molecule has 0 unspecified atom stereocenters. The summed E-state index contributed by atoms with van der Waals surface area (Å²) in [4.78, 5) is 30.7. The highest BCUT2D eigenvalue weighted by molar-refractivity contribution is 6.02. The number of aromatic amines is 1. The van der Waals surface area contributed by atoms with Crippen LogP contribution in [0.5, 0.6) is 0 Å². The molecule has 1 saturated heterocycles. The summed E-state index contributed by atoms with van der Waals surface area (Å²) in [6.07, 6.45) is 5.18. The van der Waals surface area contributed by atoms with E-state index in [1.807, 2.05) is 25.1 Å². The quantitative estimate of drug-likeness (QED) is 0.337. The predicted molar refractivity (Wildman–Crippen MR) is 141 cm³/mol. The van der Waals surface area contributed by atoms with E-state index in [0.717, 1.165) is 55.5 Å². The standard InChI is InChI=1S/C28H36N4O3/c1-4-14-35-27(33)21-6-5-7-22(15-21)30-28(34)31-23-8-9-26-24(16-23)25(17-29-26)20-10-12-32(13-11-20)18-19(2)3/h5-9,15-17,19-20,29H,4,10-14,18H2,1-3H3,(H2,30,31,34). The molecule has 1 fully saturated rings. The van der Waals surface area contributed by atoms with E-state index >= 15 is 0 Å². The van der Waals surface area contributed by atoms with Crippen LogP contribution in [0.25, 0.3) is 10.9 Å². The van der Waals surface area contributed by atoms with Crippen LogP contribution in [0.15, 0.2) is 48.7 Å². The van der Waals surface area contributed by atoms with Crippen molar-refractivity contribution < 1.29 is 14.3 Å². The van der Waals surface area contributed by atoms with E-state index in [4.69, 9.17) is 4.74 Å². The van der Waals surface area contributed by atoms with Crippen molar-refractivity contribution in [2.75, 3.05) is 36.9 Å². The molecule has 3 aromatic rings. The number of carbonyl (C=O) groups is 2. The van der Waals surface area contributed by atoms with E-state index in [-0.39, 0.29) is 6.03 Å². The molecule has 3 N–H and O–H groups in total. The first kappa shape index (κ1) is 24.8. The third-order valence-corrected chi connectivity index (χ3v) is 6.42. The second kappa shape index (κ2) is 11.4. The predicted octanol–water partition coefficient (Wildman–Crippen LogP) is 6.21. The Hall–Kier alpha value is -3.32. The van der Waals surface area contributed by atoms with Crippen molar-refractivity contribution in [2.45, 2.75) is 46.0 Å². The molecule has 4 rings (SSSR count). The Labute approximate surface area is 207 Å². The highest BCUT2D eigenvalue weighted by Crippen LogP contribution is 2.34. The van der Waals surface area contributed by atoms with Crippen molar-refractivity contribution >= 4 is 34.3 Å². The summed E-state index contributed by atoms with van der Waals surface area (Å²) >= 11 is 0. The summed E-state index contributed by atoms with van der Waals surface area (Å²) in [5, 5.41) is 6.89. The van der Waals surface area contributed by atoms with Crippen LogP contribution >= 0.6 is 0 Å². The number of fused-ring (bicyclic) bond motifs is 1. The van der Waals surface area contributed by atoms with Crippen molar-refractivity contribution in [3.63, 3.8) is 0 Å². The Morgan fingerprint density at radius 1 is 1.09 bits per heavy atom. The molecule has 186 valence electrons. The molecule has 0 saturated carbocycles. The van der Waals surface area contributed by atoms with Crippen LogP contribution in [0.1, 0.15) is 61.9 Å². The molecule has 7 heteroatoms. The first-order valence-electron chi connectivity index (χ1n) is 12.6. The number of rotatable bonds is 8. The maximum absolute atomic E-state index is 12.7. The highest BCUT2D eigenvalue weighted by atomic mass is 16.5. The van der Waals surface area contributed by atoms with Gasteiger partial charge in [0.2, 0.25) is 0 Å². The third-order valence-electron chi connectivity index (χ3n) is 6.42. The SMILES string of the molecule is CCCOC(=O)c1cccc(NC(=O)Nc2ccc3[nH]cc(C4CCN(CC(C)C)CC4)c3c2)c1. The number of nitrogens with one attached hydrogen (secondary N) is 3. The van der Waals surface area contributed by atoms with E-state index in [0.29, 0.717) is 29.7 Å². The van der Waals surface area contributed by atoms with Gasteiger partial charge in [-0.3, -0.25) is 0 Å². The first-order valence-corrected chi connectivity index (χ1v) is 12.6. The molecule has 1 aliphatic heterocycles. The number of aromatic nitrogens is 1. The minimum atomic E-state index is -0.392. The Morgan fingerprint density at radius 2 is 1.83 bits per heavy atom. The van der Waals surface area contributed by atoms with Gasteiger partial charge in [0.15, 0.2) is 0 Å². The fourth-order valence-corrected chi connectivity index (χ4v) is 4.80. The van der Waals surface area contributed by atoms with Gasteiger partial charge < -0.3 is 25.3 Å². The molecule has 0 radical (unpaired) electrons. The number of ether oxygens (including phenoxy) is 1. The van der Waals surface area contributed by atoms with Crippen molar-refractivity contribution in [2.24, 2.45) is 5.92 Å². The number of urea groups is 1. The lowest BCUT2D eigenvalue weighted by molar-refractivity contribution is 0.0505. The number of piperidine rings is 1. The van der Waals surface area contributed by atoms with E-state index in [9.17, 15) is 9.59 Å². The molecular formula is C28H36N4O3. The summed E-state index contributed by atoms with van der Waals surface area (Å²) in [5.74, 6) is 0.819. The lowest BCUT2D eigenvalue weighted by Crippen LogP contribution is -2.35. The number of hydrogen-bond acceptors (Lipinski definition) is 4. The molecule has 35 heavy (non-hydrogen) atoms. The van der Waals surface area contributed by atoms with Crippen LogP contribution in [-0.4, -0.2) is 48.1 Å². The van der Waals surface area contributed by atoms with E-state index in [2.05, 4.69) is 40.6 Å². The number of likely N-dealkylation sites (tertiary alicyclic amines) is 1. The maximum Gasteiger partial charge on any atom is 0.338 e. The monoisotopic (exact) mass is 476 g/mol. The van der Waals surface area contributed by atoms with Crippen LogP contribution in [0.2, 0.25) is 0 Å². The minimum Gasteiger partial charge on any atom is -0.462 e. The van der Waals surface area contributed by atoms with Gasteiger partial charge in [0, 0.05) is 35.0 Å². The van der Waals surface area contributed by atoms with Crippen molar-refractivity contribution in [3.05, 3.63) is 59.8 Å². The lowest BCUT2D eigenvalue weighted by atomic mass is 9.89. The number of esters is 1. The number of anilines is 2. The van der Waals surface area contributed by atoms with Crippen LogP contribution in [0.4, 0.5) is 16.2 Å². The van der Waals surface area contributed by atoms with Crippen LogP contribution in [0.3, 0.4) is 0 Å². The van der Waals surface area contributed by atoms with Gasteiger partial charge in [0.05, 0.1) is 12.2 Å². The fourth-order valence-electron chi connectivity index (χ4n) is 4.80. The first-order chi connectivity index (χ1) is 16.9. The van der Waals surface area contributed by atoms with Gasteiger partial charge >= 0.3 is 12.0 Å². The highest BCUT2D eigenvalue weighted by Gasteiger charge is 2.23. The molecule has 0 bridgehead atoms. The van der Waals surface area contributed by atoms with Gasteiger partial charge in [-0.05, 0) is 86.1 Å². The van der Waals surface area contributed by atoms with E-state index < -0.39 is 5.97 Å². The molecule has 2 heterocycles. The second-order valence-corrected chi connectivity index (χ2v) is 9.77. The Balaban J connectivity index is 1.40. The van der Waals surface area contributed by atoms with Crippen LogP contribution < -0.4 is 10.6 Å². The van der Waals surface area contributed by atoms with Crippen LogP contribution in [0, 0.1) is 5.92 Å². The largest absolute Gasteiger partial charge is 0.462 e. The second-order valence-electron chi connectivity index (χ2n) is 9.77. The van der Waals surface area contributed by atoms with Crippen molar-refractivity contribution in [1.82, 2.24) is 9.88 Å². The maximum atomic E-state index is 12.7. The molecule has 2 amide bonds. The van der Waals surface area contributed by atoms with Crippen molar-refractivity contribution in [3.8, 4) is 0 Å². The minimum absolute atomic E-state index is 0.359. The van der Waals surface area contributed by atoms with Crippen LogP contribution in [-0.2, 0) is 4.74 Å². The number of hydrogen-bond donors (Lipinski definition) is 3. The molecule has 0 aliphatic carbocycles. The number of amides is 2. The summed E-state index contributed by atoms with van der Waals surface area (Å²) in [6.45, 7) is 10.3. The molecule has 1 aliphatic rings. The Morgan fingerprint density at radius 3 is 2.54 bits per heavy atom. The van der Waals surface area contributed by atoms with Gasteiger partial charge in [0.1, 0.15) is 0 Å². The summed E-state index contributed by atoms with van der Waals surface area (Å²) < 4.78 is 5.18. The zero-order valence-electron chi connectivity index (χ0n) is 20.9. The third kappa shape index (κ3) is 6.42. The zero-order valence-corrected chi connectivity index (χ0v) is 20.9.